The van der Waals surface area contributed by atoms with Gasteiger partial charge in [-0.25, -0.2) is 0 Å². The van der Waals surface area contributed by atoms with E-state index in [1.165, 1.54) is 44.5 Å². The summed E-state index contributed by atoms with van der Waals surface area (Å²) in [4.78, 5) is 0. The van der Waals surface area contributed by atoms with Crippen LogP contribution in [0.5, 0.6) is 0 Å². The third-order valence-electron chi connectivity index (χ3n) is 5.43. The second kappa shape index (κ2) is 5.49. The highest BCUT2D eigenvalue weighted by atomic mass is 14.2. The number of hydrogen-bond donors (Lipinski definition) is 0. The summed E-state index contributed by atoms with van der Waals surface area (Å²) in [5, 5.41) is 0. The summed E-state index contributed by atoms with van der Waals surface area (Å²) in [5.41, 5.74) is 11.5. The van der Waals surface area contributed by atoms with Gasteiger partial charge in [0.25, 0.3) is 0 Å². The summed E-state index contributed by atoms with van der Waals surface area (Å²) in [5.74, 6) is 0. The Bertz CT molecular complexity index is 883. The van der Waals surface area contributed by atoms with Crippen LogP contribution in [-0.2, 0) is 25.7 Å². The summed E-state index contributed by atoms with van der Waals surface area (Å²) >= 11 is 0. The molecule has 0 saturated carbocycles. The maximum atomic E-state index is 2.44. The number of fused-ring (bicyclic) bond motifs is 8. The van der Waals surface area contributed by atoms with Gasteiger partial charge in [-0.2, -0.15) is 0 Å². The lowest BCUT2D eigenvalue weighted by molar-refractivity contribution is 0.919. The fourth-order valence-electron chi connectivity index (χ4n) is 4.12. The van der Waals surface area contributed by atoms with Crippen LogP contribution in [0, 0.1) is 0 Å². The molecule has 5 aliphatic rings. The van der Waals surface area contributed by atoms with Crippen LogP contribution in [0.25, 0.3) is 22.3 Å². The second-order valence-electron chi connectivity index (χ2n) is 6.95. The molecule has 5 aliphatic carbocycles. The molecule has 0 nitrogen and oxygen atoms in total. The van der Waals surface area contributed by atoms with E-state index in [1.54, 1.807) is 0 Å². The highest BCUT2D eigenvalue weighted by Gasteiger charge is 2.13. The van der Waals surface area contributed by atoms with Crippen LogP contribution in [0.3, 0.4) is 0 Å². The van der Waals surface area contributed by atoms with Gasteiger partial charge in [-0.15, -0.1) is 0 Å². The lowest BCUT2D eigenvalue weighted by Crippen LogP contribution is -1.97. The molecule has 0 saturated heterocycles. The van der Waals surface area contributed by atoms with Crippen LogP contribution >= 0.6 is 0 Å². The van der Waals surface area contributed by atoms with Gasteiger partial charge < -0.3 is 0 Å². The zero-order valence-electron chi connectivity index (χ0n) is 13.8. The van der Waals surface area contributed by atoms with Crippen LogP contribution < -0.4 is 0 Å². The maximum Gasteiger partial charge on any atom is -0.0152 e. The van der Waals surface area contributed by atoms with Crippen molar-refractivity contribution in [3.05, 3.63) is 95.1 Å². The molecule has 0 aromatic carbocycles. The third kappa shape index (κ3) is 2.30. The first-order chi connectivity index (χ1) is 11.9. The topological polar surface area (TPSA) is 0 Å². The van der Waals surface area contributed by atoms with Crippen molar-refractivity contribution in [2.75, 3.05) is 0 Å². The lowest BCUT2D eigenvalue weighted by atomic mass is 9.95. The lowest BCUT2D eigenvalue weighted by Gasteiger charge is -2.10. The third-order valence-corrected chi connectivity index (χ3v) is 5.43. The monoisotopic (exact) mass is 308 g/mol. The first-order valence-electron chi connectivity index (χ1n) is 8.88. The molecule has 0 aromatic rings. The summed E-state index contributed by atoms with van der Waals surface area (Å²) in [6.07, 6.45) is 4.42. The molecule has 24 heavy (non-hydrogen) atoms. The van der Waals surface area contributed by atoms with Crippen LogP contribution in [0.4, 0.5) is 0 Å². The fourth-order valence-corrected chi connectivity index (χ4v) is 4.12. The Morgan fingerprint density at radius 3 is 1.46 bits per heavy atom. The molecule has 0 aliphatic heterocycles. The first-order valence-corrected chi connectivity index (χ1v) is 8.88. The molecule has 116 valence electrons. The Morgan fingerprint density at radius 1 is 0.458 bits per heavy atom. The van der Waals surface area contributed by atoms with E-state index in [-0.39, 0.29) is 0 Å². The van der Waals surface area contributed by atoms with Gasteiger partial charge in [-0.05, 0) is 70.2 Å². The SMILES string of the molecule is c1cc2ccc3cc(c-2c1)CCc1cc(ccc2cccc1-2)CC3. The zero-order valence-corrected chi connectivity index (χ0v) is 13.8. The van der Waals surface area contributed by atoms with Crippen LogP contribution in [0.2, 0.25) is 0 Å². The van der Waals surface area contributed by atoms with Crippen molar-refractivity contribution < 1.29 is 0 Å². The van der Waals surface area contributed by atoms with Gasteiger partial charge in [0.05, 0.1) is 0 Å². The molecule has 0 spiro atoms. The molecule has 0 fully saturated rings. The standard InChI is InChI=1S/C24H20/c1-3-19-11-9-17-7-8-18-10-12-20-4-2-6-24(20)22(16-18)14-13-21(15-17)23(19)5-1/h1-6,9-12,15-16H,7-8,13-14H2. The first kappa shape index (κ1) is 13.8. The van der Waals surface area contributed by atoms with Crippen molar-refractivity contribution in [1.29, 1.82) is 0 Å². The quantitative estimate of drug-likeness (QED) is 0.386. The Morgan fingerprint density at radius 2 is 0.958 bits per heavy atom. The number of rotatable bonds is 0. The molecule has 0 heterocycles. The summed E-state index contributed by atoms with van der Waals surface area (Å²) in [7, 11) is 0. The molecule has 0 aromatic heterocycles. The maximum absolute atomic E-state index is 2.44. The Kier molecular flexibility index (Phi) is 3.16. The van der Waals surface area contributed by atoms with Gasteiger partial charge in [-0.1, -0.05) is 72.8 Å². The normalized spacial score (nSPS) is 14.0. The van der Waals surface area contributed by atoms with Gasteiger partial charge in [0.2, 0.25) is 0 Å². The van der Waals surface area contributed by atoms with Crippen molar-refractivity contribution >= 4 is 0 Å². The second-order valence-corrected chi connectivity index (χ2v) is 6.95. The van der Waals surface area contributed by atoms with E-state index in [0.29, 0.717) is 0 Å². The van der Waals surface area contributed by atoms with Crippen LogP contribution in [0.15, 0.2) is 72.8 Å². The number of aryl methyl sites for hydroxylation is 4. The highest BCUT2D eigenvalue weighted by Crippen LogP contribution is 2.32. The summed E-state index contributed by atoms with van der Waals surface area (Å²) in [6.45, 7) is 0. The van der Waals surface area contributed by atoms with E-state index in [9.17, 15) is 0 Å². The molecule has 0 radical (unpaired) electrons. The predicted octanol–water partition coefficient (Wildman–Crippen LogP) is 5.78. The smallest absolute Gasteiger partial charge is 0.0152 e. The number of hydrogen-bond acceptors (Lipinski definition) is 0. The molecular formula is C24H20. The van der Waals surface area contributed by atoms with Crippen molar-refractivity contribution in [2.45, 2.75) is 25.7 Å². The minimum atomic E-state index is 1.10. The molecule has 0 amide bonds. The van der Waals surface area contributed by atoms with Gasteiger partial charge in [0.1, 0.15) is 0 Å². The van der Waals surface area contributed by atoms with E-state index in [1.807, 2.05) is 0 Å². The molecule has 0 N–H and O–H groups in total. The minimum absolute atomic E-state index is 1.10. The Hall–Kier alpha value is -2.60. The zero-order chi connectivity index (χ0) is 15.9. The van der Waals surface area contributed by atoms with Gasteiger partial charge in [-0.3, -0.25) is 0 Å². The average Bonchev–Trinajstić information content (AvgIpc) is 3.19. The van der Waals surface area contributed by atoms with Gasteiger partial charge in [0, 0.05) is 0 Å². The molecule has 5 rings (SSSR count). The van der Waals surface area contributed by atoms with Crippen molar-refractivity contribution in [2.24, 2.45) is 0 Å². The Labute approximate surface area is 143 Å². The molecule has 0 atom stereocenters. The molecule has 0 heteroatoms. The largest absolute Gasteiger partial charge is 0.0610 e. The van der Waals surface area contributed by atoms with Crippen molar-refractivity contribution in [3.8, 4) is 22.3 Å². The fraction of sp³-hybridized carbons (Fsp3) is 0.167. The summed E-state index contributed by atoms with van der Waals surface area (Å²) < 4.78 is 0. The highest BCUT2D eigenvalue weighted by molar-refractivity contribution is 5.72. The summed E-state index contributed by atoms with van der Waals surface area (Å²) in [6, 6.07) is 27.5. The molecule has 4 bridgehead atoms. The van der Waals surface area contributed by atoms with E-state index < -0.39 is 0 Å². The van der Waals surface area contributed by atoms with Crippen LogP contribution in [0.1, 0.15) is 22.3 Å². The molecular weight excluding hydrogens is 288 g/mol. The minimum Gasteiger partial charge on any atom is -0.0610 e. The predicted molar refractivity (Wildman–Crippen MR) is 101 cm³/mol. The van der Waals surface area contributed by atoms with E-state index in [0.717, 1.165) is 25.7 Å². The van der Waals surface area contributed by atoms with Crippen molar-refractivity contribution in [1.82, 2.24) is 0 Å². The van der Waals surface area contributed by atoms with Crippen molar-refractivity contribution in [3.63, 3.8) is 0 Å². The van der Waals surface area contributed by atoms with Crippen LogP contribution in [-0.4, -0.2) is 0 Å². The Balaban J connectivity index is 1.67. The van der Waals surface area contributed by atoms with E-state index in [2.05, 4.69) is 72.8 Å². The van der Waals surface area contributed by atoms with E-state index >= 15 is 0 Å². The van der Waals surface area contributed by atoms with Gasteiger partial charge in [0.15, 0.2) is 0 Å². The van der Waals surface area contributed by atoms with E-state index in [4.69, 9.17) is 0 Å². The molecule has 0 unspecified atom stereocenters. The van der Waals surface area contributed by atoms with Gasteiger partial charge >= 0.3 is 0 Å². The average molecular weight is 308 g/mol.